The highest BCUT2D eigenvalue weighted by molar-refractivity contribution is 5.92. The SMILES string of the molecule is C=C[C@@]1(C)CC(=O)[C@]2(O)[C@@]3(C)[C@@H](OCc4cn(CC(=O)OCC)nn4)CCC(C)(C)[C@@H]3[C@H](O)[C@H](OC(C)=O)[C@@]2(C)O1. The Labute approximate surface area is 240 Å². The summed E-state index contributed by atoms with van der Waals surface area (Å²) >= 11 is 0. The lowest BCUT2D eigenvalue weighted by Crippen LogP contribution is -2.86. The van der Waals surface area contributed by atoms with Gasteiger partial charge < -0.3 is 29.2 Å². The molecular formula is C29H43N3O9. The Balaban J connectivity index is 1.76. The van der Waals surface area contributed by atoms with Crippen LogP contribution < -0.4 is 0 Å². The standard InChI is InChI=1S/C29H43N3O9/c1-9-26(6)13-19(34)29(37)27(7)20(39-16-18-14-32(31-30-18)15-21(35)38-10-2)11-12-25(4,5)23(27)22(36)24(40-17(3)33)28(29,8)41-26/h9,14,20,22-24,36-37H,1,10-13,15-16H2,2-8H3/t20-,22-,23-,24-,26-,27-,28+,29-/m0/s1. The molecule has 228 valence electrons. The summed E-state index contributed by atoms with van der Waals surface area (Å²) in [6, 6.07) is 0. The van der Waals surface area contributed by atoms with E-state index in [1.165, 1.54) is 24.6 Å². The molecule has 0 spiro atoms. The van der Waals surface area contributed by atoms with Crippen molar-refractivity contribution in [2.24, 2.45) is 16.7 Å². The van der Waals surface area contributed by atoms with E-state index in [4.69, 9.17) is 18.9 Å². The first-order chi connectivity index (χ1) is 19.0. The Hall–Kier alpha value is -2.67. The first kappa shape index (κ1) is 31.3. The van der Waals surface area contributed by atoms with Crippen molar-refractivity contribution in [3.8, 4) is 0 Å². The fraction of sp³-hybridized carbons (Fsp3) is 0.759. The van der Waals surface area contributed by atoms with E-state index in [1.54, 1.807) is 27.0 Å². The van der Waals surface area contributed by atoms with Crippen LogP contribution in [0.4, 0.5) is 0 Å². The zero-order chi connectivity index (χ0) is 30.6. The number of hydrogen-bond acceptors (Lipinski definition) is 11. The molecule has 8 atom stereocenters. The number of aliphatic hydroxyl groups is 2. The third-order valence-electron chi connectivity index (χ3n) is 9.60. The molecule has 2 aliphatic carbocycles. The minimum absolute atomic E-state index is 0.0219. The summed E-state index contributed by atoms with van der Waals surface area (Å²) in [5.74, 6) is -2.35. The van der Waals surface area contributed by atoms with Gasteiger partial charge in [0.05, 0.1) is 37.2 Å². The summed E-state index contributed by atoms with van der Waals surface area (Å²) in [6.45, 7) is 15.8. The van der Waals surface area contributed by atoms with Crippen LogP contribution in [0.25, 0.3) is 0 Å². The first-order valence-corrected chi connectivity index (χ1v) is 14.1. The maximum atomic E-state index is 14.2. The van der Waals surface area contributed by atoms with Gasteiger partial charge in [0.1, 0.15) is 17.8 Å². The third kappa shape index (κ3) is 4.82. The normalized spacial score (nSPS) is 39.8. The molecule has 1 aromatic heterocycles. The summed E-state index contributed by atoms with van der Waals surface area (Å²) in [5.41, 5.74) is -6.73. The molecule has 2 heterocycles. The van der Waals surface area contributed by atoms with Crippen molar-refractivity contribution in [3.63, 3.8) is 0 Å². The van der Waals surface area contributed by atoms with Crippen molar-refractivity contribution in [1.82, 2.24) is 15.0 Å². The van der Waals surface area contributed by atoms with E-state index in [1.807, 2.05) is 13.8 Å². The molecule has 3 aliphatic rings. The molecule has 1 aliphatic heterocycles. The number of esters is 2. The monoisotopic (exact) mass is 577 g/mol. The highest BCUT2D eigenvalue weighted by Gasteiger charge is 2.81. The Morgan fingerprint density at radius 1 is 1.27 bits per heavy atom. The molecule has 41 heavy (non-hydrogen) atoms. The van der Waals surface area contributed by atoms with Gasteiger partial charge in [-0.2, -0.15) is 0 Å². The van der Waals surface area contributed by atoms with Crippen LogP contribution in [0, 0.1) is 16.7 Å². The van der Waals surface area contributed by atoms with Crippen molar-refractivity contribution in [1.29, 1.82) is 0 Å². The number of carbonyl (C=O) groups is 3. The lowest BCUT2D eigenvalue weighted by Gasteiger charge is -2.71. The van der Waals surface area contributed by atoms with Crippen molar-refractivity contribution in [2.75, 3.05) is 6.61 Å². The summed E-state index contributed by atoms with van der Waals surface area (Å²) in [4.78, 5) is 38.3. The number of aliphatic hydroxyl groups excluding tert-OH is 1. The van der Waals surface area contributed by atoms with Crippen LogP contribution in [0.15, 0.2) is 18.9 Å². The fourth-order valence-electron chi connectivity index (χ4n) is 7.90. The van der Waals surface area contributed by atoms with Gasteiger partial charge in [0.15, 0.2) is 17.5 Å². The first-order valence-electron chi connectivity index (χ1n) is 14.1. The van der Waals surface area contributed by atoms with Crippen LogP contribution >= 0.6 is 0 Å². The molecule has 4 rings (SSSR count). The predicted octanol–water partition coefficient (Wildman–Crippen LogP) is 1.90. The van der Waals surface area contributed by atoms with Crippen LogP contribution in [0.1, 0.15) is 73.4 Å². The molecule has 1 saturated heterocycles. The van der Waals surface area contributed by atoms with E-state index >= 15 is 0 Å². The average Bonchev–Trinajstić information content (AvgIpc) is 3.31. The number of hydrogen-bond donors (Lipinski definition) is 2. The highest BCUT2D eigenvalue weighted by atomic mass is 16.6. The van der Waals surface area contributed by atoms with Gasteiger partial charge in [-0.1, -0.05) is 32.1 Å². The zero-order valence-corrected chi connectivity index (χ0v) is 25.0. The number of ether oxygens (including phenoxy) is 4. The Kier molecular flexibility index (Phi) is 8.05. The summed E-state index contributed by atoms with van der Waals surface area (Å²) in [6.07, 6.45) is 0.597. The molecule has 0 amide bonds. The number of nitrogens with zero attached hydrogens (tertiary/aromatic N) is 3. The summed E-state index contributed by atoms with van der Waals surface area (Å²) in [7, 11) is 0. The molecule has 0 radical (unpaired) electrons. The number of rotatable bonds is 8. The summed E-state index contributed by atoms with van der Waals surface area (Å²) in [5, 5.41) is 32.8. The third-order valence-corrected chi connectivity index (χ3v) is 9.60. The largest absolute Gasteiger partial charge is 0.465 e. The average molecular weight is 578 g/mol. The Bertz CT molecular complexity index is 1220. The topological polar surface area (TPSA) is 159 Å². The van der Waals surface area contributed by atoms with E-state index in [0.29, 0.717) is 18.5 Å². The molecule has 0 bridgehead atoms. The van der Waals surface area contributed by atoms with Crippen LogP contribution in [0.3, 0.4) is 0 Å². The molecular weight excluding hydrogens is 534 g/mol. The zero-order valence-electron chi connectivity index (χ0n) is 25.0. The second kappa shape index (κ2) is 10.6. The van der Waals surface area contributed by atoms with Gasteiger partial charge in [-0.3, -0.25) is 14.4 Å². The lowest BCUT2D eigenvalue weighted by molar-refractivity contribution is -0.373. The Morgan fingerprint density at radius 3 is 2.56 bits per heavy atom. The molecule has 2 N–H and O–H groups in total. The molecule has 0 unspecified atom stereocenters. The van der Waals surface area contributed by atoms with Crippen molar-refractivity contribution < 1.29 is 43.5 Å². The van der Waals surface area contributed by atoms with Gasteiger partial charge in [0, 0.05) is 24.7 Å². The van der Waals surface area contributed by atoms with Crippen LogP contribution in [0.5, 0.6) is 0 Å². The van der Waals surface area contributed by atoms with E-state index in [2.05, 4.69) is 16.9 Å². The van der Waals surface area contributed by atoms with Gasteiger partial charge >= 0.3 is 11.9 Å². The molecule has 1 aromatic rings. The molecule has 3 fully saturated rings. The smallest absolute Gasteiger partial charge is 0.327 e. The van der Waals surface area contributed by atoms with E-state index in [9.17, 15) is 24.6 Å². The quantitative estimate of drug-likeness (QED) is 0.343. The minimum Gasteiger partial charge on any atom is -0.465 e. The van der Waals surface area contributed by atoms with Crippen molar-refractivity contribution in [2.45, 2.75) is 116 Å². The second-order valence-corrected chi connectivity index (χ2v) is 12.9. The predicted molar refractivity (Wildman–Crippen MR) is 144 cm³/mol. The molecule has 0 aromatic carbocycles. The Morgan fingerprint density at radius 2 is 1.95 bits per heavy atom. The van der Waals surface area contributed by atoms with Gasteiger partial charge in [-0.05, 0) is 39.0 Å². The van der Waals surface area contributed by atoms with Crippen molar-refractivity contribution in [3.05, 3.63) is 24.5 Å². The number of aromatic nitrogens is 3. The number of carbonyl (C=O) groups excluding carboxylic acids is 3. The maximum Gasteiger partial charge on any atom is 0.327 e. The molecule has 2 saturated carbocycles. The number of fused-ring (bicyclic) bond motifs is 3. The minimum atomic E-state index is -2.21. The maximum absolute atomic E-state index is 14.2. The van der Waals surface area contributed by atoms with Gasteiger partial charge in [-0.25, -0.2) is 4.68 Å². The summed E-state index contributed by atoms with van der Waals surface area (Å²) < 4.78 is 24.9. The number of ketones is 1. The molecule has 12 nitrogen and oxygen atoms in total. The van der Waals surface area contributed by atoms with E-state index < -0.39 is 69.6 Å². The van der Waals surface area contributed by atoms with Crippen LogP contribution in [-0.2, 0) is 46.5 Å². The molecule has 12 heteroatoms. The second-order valence-electron chi connectivity index (χ2n) is 12.9. The lowest BCUT2D eigenvalue weighted by atomic mass is 9.39. The van der Waals surface area contributed by atoms with Crippen LogP contribution in [-0.4, -0.2) is 84.7 Å². The highest BCUT2D eigenvalue weighted by Crippen LogP contribution is 2.67. The number of Topliss-reactive ketones (excluding diaryl/α,β-unsaturated/α-hetero) is 1. The van der Waals surface area contributed by atoms with Crippen LogP contribution in [0.2, 0.25) is 0 Å². The van der Waals surface area contributed by atoms with Crippen molar-refractivity contribution >= 4 is 17.7 Å². The van der Waals surface area contributed by atoms with Gasteiger partial charge in [0.2, 0.25) is 0 Å². The van der Waals surface area contributed by atoms with Gasteiger partial charge in [0.25, 0.3) is 0 Å². The van der Waals surface area contributed by atoms with Gasteiger partial charge in [-0.15, -0.1) is 11.7 Å². The van der Waals surface area contributed by atoms with E-state index in [0.717, 1.165) is 0 Å². The fourth-order valence-corrected chi connectivity index (χ4v) is 7.90. The van der Waals surface area contributed by atoms with E-state index in [-0.39, 0.29) is 26.2 Å².